The largest absolute Gasteiger partial charge is 0.471 e. The topological polar surface area (TPSA) is 99.7 Å². The number of rotatable bonds is 6. The molecule has 1 N–H and O–H groups in total. The summed E-state index contributed by atoms with van der Waals surface area (Å²) in [4.78, 5) is 10.8. The van der Waals surface area contributed by atoms with E-state index in [1.807, 2.05) is 0 Å². The second-order valence-corrected chi connectivity index (χ2v) is 5.38. The van der Waals surface area contributed by atoms with Gasteiger partial charge in [-0.15, -0.1) is 5.10 Å². The molecule has 0 aliphatic carbocycles. The number of hydrogen-bond donors (Lipinski definition) is 1. The lowest BCUT2D eigenvalue weighted by Gasteiger charge is -2.22. The molecule has 0 amide bonds. The normalized spacial score (nSPS) is 17.7. The van der Waals surface area contributed by atoms with Gasteiger partial charge in [0.2, 0.25) is 0 Å². The van der Waals surface area contributed by atoms with E-state index < -0.39 is 4.92 Å². The number of aromatic nitrogens is 2. The molecule has 8 heteroatoms. The lowest BCUT2D eigenvalue weighted by Crippen LogP contribution is -2.21. The van der Waals surface area contributed by atoms with Crippen LogP contribution in [0.1, 0.15) is 31.5 Å². The van der Waals surface area contributed by atoms with E-state index in [0.717, 1.165) is 12.8 Å². The van der Waals surface area contributed by atoms with Crippen molar-refractivity contribution in [3.63, 3.8) is 0 Å². The average molecular weight is 299 g/mol. The molecule has 1 aliphatic heterocycles. The summed E-state index contributed by atoms with van der Waals surface area (Å²) >= 11 is 0. The predicted octanol–water partition coefficient (Wildman–Crippen LogP) is 1.46. The Labute approximate surface area is 122 Å². The summed E-state index contributed by atoms with van der Waals surface area (Å²) in [7, 11) is 0. The third-order valence-electron chi connectivity index (χ3n) is 3.62. The van der Waals surface area contributed by atoms with E-state index in [4.69, 9.17) is 14.6 Å². The van der Waals surface area contributed by atoms with Crippen LogP contribution in [0.3, 0.4) is 0 Å². The van der Waals surface area contributed by atoms with Gasteiger partial charge in [0.1, 0.15) is 5.69 Å². The van der Waals surface area contributed by atoms with Gasteiger partial charge in [-0.1, -0.05) is 6.92 Å². The number of nitro groups is 1. The fraction of sp³-hybridized carbons (Fsp3) is 0.769. The van der Waals surface area contributed by atoms with Crippen molar-refractivity contribution in [1.29, 1.82) is 0 Å². The molecule has 0 aromatic carbocycles. The summed E-state index contributed by atoms with van der Waals surface area (Å²) in [6, 6.07) is 0.102. The molecule has 0 radical (unpaired) electrons. The Hall–Kier alpha value is -1.67. The monoisotopic (exact) mass is 299 g/mol. The minimum absolute atomic E-state index is 0.0318. The maximum atomic E-state index is 11.3. The predicted molar refractivity (Wildman–Crippen MR) is 74.5 cm³/mol. The number of ether oxygens (including phenoxy) is 2. The maximum absolute atomic E-state index is 11.3. The highest BCUT2D eigenvalue weighted by Gasteiger charge is 2.30. The molecule has 8 nitrogen and oxygen atoms in total. The van der Waals surface area contributed by atoms with E-state index in [1.54, 1.807) is 18.5 Å². The van der Waals surface area contributed by atoms with Crippen molar-refractivity contribution < 1.29 is 19.5 Å². The van der Waals surface area contributed by atoms with Crippen LogP contribution in [0.25, 0.3) is 0 Å². The molecule has 2 heterocycles. The van der Waals surface area contributed by atoms with Crippen LogP contribution >= 0.6 is 0 Å². The van der Waals surface area contributed by atoms with Crippen molar-refractivity contribution >= 4 is 5.69 Å². The van der Waals surface area contributed by atoms with Crippen molar-refractivity contribution in [2.75, 3.05) is 26.4 Å². The zero-order valence-corrected chi connectivity index (χ0v) is 12.3. The van der Waals surface area contributed by atoms with Gasteiger partial charge >= 0.3 is 11.6 Å². The van der Waals surface area contributed by atoms with Gasteiger partial charge in [0.15, 0.2) is 0 Å². The van der Waals surface area contributed by atoms with Crippen LogP contribution in [0.2, 0.25) is 0 Å². The number of hydrogen-bond acceptors (Lipinski definition) is 6. The highest BCUT2D eigenvalue weighted by Crippen LogP contribution is 2.34. The Morgan fingerprint density at radius 3 is 2.81 bits per heavy atom. The van der Waals surface area contributed by atoms with Gasteiger partial charge in [-0.25, -0.2) is 0 Å². The summed E-state index contributed by atoms with van der Waals surface area (Å²) in [6.07, 6.45) is 1.57. The third kappa shape index (κ3) is 3.51. The van der Waals surface area contributed by atoms with E-state index in [1.165, 1.54) is 0 Å². The summed E-state index contributed by atoms with van der Waals surface area (Å²) in [5.41, 5.74) is 0.408. The zero-order valence-electron chi connectivity index (χ0n) is 12.3. The van der Waals surface area contributed by atoms with E-state index in [0.29, 0.717) is 18.9 Å². The molecule has 1 atom stereocenters. The molecule has 1 aliphatic rings. The Morgan fingerprint density at radius 2 is 2.24 bits per heavy atom. The fourth-order valence-electron chi connectivity index (χ4n) is 2.35. The van der Waals surface area contributed by atoms with Gasteiger partial charge in [-0.3, -0.25) is 14.8 Å². The highest BCUT2D eigenvalue weighted by atomic mass is 16.6. The molecule has 0 unspecified atom stereocenters. The quantitative estimate of drug-likeness (QED) is 0.630. The average Bonchev–Trinajstić information content (AvgIpc) is 2.82. The van der Waals surface area contributed by atoms with Crippen LogP contribution in [0.5, 0.6) is 5.88 Å². The first kappa shape index (κ1) is 15.7. The smallest absolute Gasteiger partial charge is 0.352 e. The minimum Gasteiger partial charge on any atom is -0.471 e. The Bertz CT molecular complexity index is 496. The number of aliphatic hydroxyl groups is 1. The van der Waals surface area contributed by atoms with Crippen LogP contribution < -0.4 is 4.74 Å². The lowest BCUT2D eigenvalue weighted by molar-refractivity contribution is -0.386. The van der Waals surface area contributed by atoms with E-state index in [-0.39, 0.29) is 36.7 Å². The van der Waals surface area contributed by atoms with Gasteiger partial charge < -0.3 is 14.6 Å². The second-order valence-electron chi connectivity index (χ2n) is 5.38. The van der Waals surface area contributed by atoms with Crippen molar-refractivity contribution in [1.82, 2.24) is 9.78 Å². The van der Waals surface area contributed by atoms with Crippen molar-refractivity contribution in [3.8, 4) is 5.88 Å². The van der Waals surface area contributed by atoms with Crippen molar-refractivity contribution in [2.24, 2.45) is 5.92 Å². The molecule has 21 heavy (non-hydrogen) atoms. The first-order valence-electron chi connectivity index (χ1n) is 7.09. The third-order valence-corrected chi connectivity index (χ3v) is 3.62. The standard InChI is InChI=1S/C13H21N3O5/c1-9(7-17)8-21-13-12(16(18)19)10(2)15(14-13)11-3-5-20-6-4-11/h9,11,17H,3-8H2,1-2H3/t9-/m0/s1. The number of aliphatic hydroxyl groups excluding tert-OH is 1. The Kier molecular flexibility index (Phi) is 5.13. The van der Waals surface area contributed by atoms with Gasteiger partial charge in [-0.05, 0) is 19.8 Å². The molecular formula is C13H21N3O5. The summed E-state index contributed by atoms with van der Waals surface area (Å²) in [5.74, 6) is -0.0672. The lowest BCUT2D eigenvalue weighted by atomic mass is 10.1. The van der Waals surface area contributed by atoms with Gasteiger partial charge in [0, 0.05) is 25.7 Å². The fourth-order valence-corrected chi connectivity index (χ4v) is 2.35. The van der Waals surface area contributed by atoms with Crippen molar-refractivity contribution in [3.05, 3.63) is 15.8 Å². The summed E-state index contributed by atoms with van der Waals surface area (Å²) in [5, 5.41) is 24.5. The molecule has 0 spiro atoms. The Morgan fingerprint density at radius 1 is 1.57 bits per heavy atom. The molecule has 1 aromatic rings. The highest BCUT2D eigenvalue weighted by molar-refractivity contribution is 5.45. The molecular weight excluding hydrogens is 278 g/mol. The van der Waals surface area contributed by atoms with Crippen molar-refractivity contribution in [2.45, 2.75) is 32.7 Å². The van der Waals surface area contributed by atoms with Crippen LogP contribution in [-0.4, -0.2) is 46.2 Å². The molecule has 1 saturated heterocycles. The molecule has 118 valence electrons. The maximum Gasteiger partial charge on any atom is 0.352 e. The van der Waals surface area contributed by atoms with Crippen LogP contribution in [0.15, 0.2) is 0 Å². The second kappa shape index (κ2) is 6.86. The van der Waals surface area contributed by atoms with Crippen LogP contribution in [-0.2, 0) is 4.74 Å². The molecule has 0 saturated carbocycles. The zero-order chi connectivity index (χ0) is 15.4. The Balaban J connectivity index is 2.24. The van der Waals surface area contributed by atoms with Gasteiger partial charge in [0.05, 0.1) is 17.6 Å². The van der Waals surface area contributed by atoms with E-state index in [2.05, 4.69) is 5.10 Å². The van der Waals surface area contributed by atoms with E-state index in [9.17, 15) is 10.1 Å². The summed E-state index contributed by atoms with van der Waals surface area (Å²) < 4.78 is 12.4. The molecule has 0 bridgehead atoms. The van der Waals surface area contributed by atoms with Crippen LogP contribution in [0.4, 0.5) is 5.69 Å². The molecule has 1 fully saturated rings. The van der Waals surface area contributed by atoms with Crippen LogP contribution in [0, 0.1) is 23.0 Å². The number of nitrogens with zero attached hydrogens (tertiary/aromatic N) is 3. The summed E-state index contributed by atoms with van der Waals surface area (Å²) in [6.45, 7) is 4.91. The minimum atomic E-state index is -0.461. The SMILES string of the molecule is Cc1c([N+](=O)[O-])c(OC[C@@H](C)CO)nn1C1CCOCC1. The first-order chi connectivity index (χ1) is 10.0. The van der Waals surface area contributed by atoms with Gasteiger partial charge in [-0.2, -0.15) is 0 Å². The molecule has 2 rings (SSSR count). The van der Waals surface area contributed by atoms with Gasteiger partial charge in [0.25, 0.3) is 0 Å². The molecule has 1 aromatic heterocycles. The van der Waals surface area contributed by atoms with E-state index >= 15 is 0 Å². The first-order valence-corrected chi connectivity index (χ1v) is 7.09.